The molecule has 2 unspecified atom stereocenters. The number of ether oxygens (including phenoxy) is 2. The molecule has 0 N–H and O–H groups in total. The lowest BCUT2D eigenvalue weighted by Gasteiger charge is -2.30. The maximum Gasteiger partial charge on any atom is 0.128 e. The third-order valence-corrected chi connectivity index (χ3v) is 3.68. The average Bonchev–Trinajstić information content (AvgIpc) is 2.71. The Kier molecular flexibility index (Phi) is 3.79. The van der Waals surface area contributed by atoms with Gasteiger partial charge in [-0.3, -0.25) is 0 Å². The minimum atomic E-state index is -0.217. The van der Waals surface area contributed by atoms with Gasteiger partial charge in [-0.15, -0.1) is 0 Å². The lowest BCUT2D eigenvalue weighted by molar-refractivity contribution is -0.107. The summed E-state index contributed by atoms with van der Waals surface area (Å²) in [6.45, 7) is 2.38. The fourth-order valence-corrected chi connectivity index (χ4v) is 2.40. The number of benzene rings is 1. The molecule has 2 atom stereocenters. The first-order valence-electron chi connectivity index (χ1n) is 6.06. The van der Waals surface area contributed by atoms with Gasteiger partial charge in [-0.1, -0.05) is 18.2 Å². The second-order valence-electron chi connectivity index (χ2n) is 4.80. The molecule has 1 fully saturated rings. The van der Waals surface area contributed by atoms with E-state index in [0.717, 1.165) is 19.3 Å². The molecule has 0 bridgehead atoms. The van der Waals surface area contributed by atoms with E-state index in [9.17, 15) is 4.39 Å². The average molecular weight is 238 g/mol. The van der Waals surface area contributed by atoms with Gasteiger partial charge in [-0.25, -0.2) is 4.39 Å². The summed E-state index contributed by atoms with van der Waals surface area (Å²) < 4.78 is 24.7. The van der Waals surface area contributed by atoms with Gasteiger partial charge >= 0.3 is 0 Å². The molecule has 1 saturated carbocycles. The van der Waals surface area contributed by atoms with E-state index >= 15 is 0 Å². The highest BCUT2D eigenvalue weighted by Crippen LogP contribution is 2.35. The topological polar surface area (TPSA) is 18.5 Å². The molecular weight excluding hydrogens is 219 g/mol. The molecular formula is C14H19FO2. The number of halogens is 1. The van der Waals surface area contributed by atoms with Gasteiger partial charge in [0.25, 0.3) is 0 Å². The predicted molar refractivity (Wildman–Crippen MR) is 64.2 cm³/mol. The molecule has 0 radical (unpaired) electrons. The van der Waals surface area contributed by atoms with Crippen LogP contribution in [0, 0.1) is 5.82 Å². The highest BCUT2D eigenvalue weighted by molar-refractivity contribution is 5.16. The molecule has 17 heavy (non-hydrogen) atoms. The van der Waals surface area contributed by atoms with Crippen LogP contribution < -0.4 is 0 Å². The molecule has 2 rings (SSSR count). The smallest absolute Gasteiger partial charge is 0.128 e. The van der Waals surface area contributed by atoms with E-state index in [2.05, 4.69) is 6.92 Å². The molecule has 0 spiro atoms. The van der Waals surface area contributed by atoms with Gasteiger partial charge in [0, 0.05) is 12.7 Å². The fraction of sp³-hybridized carbons (Fsp3) is 0.571. The van der Waals surface area contributed by atoms with Crippen molar-refractivity contribution in [1.29, 1.82) is 0 Å². The molecule has 94 valence electrons. The molecule has 0 saturated heterocycles. The van der Waals surface area contributed by atoms with E-state index in [1.165, 1.54) is 6.07 Å². The Balaban J connectivity index is 1.97. The summed E-state index contributed by atoms with van der Waals surface area (Å²) in [5.41, 5.74) is 0.392. The van der Waals surface area contributed by atoms with Crippen molar-refractivity contribution < 1.29 is 13.9 Å². The van der Waals surface area contributed by atoms with E-state index in [1.807, 2.05) is 6.07 Å². The minimum Gasteiger partial charge on any atom is -0.376 e. The van der Waals surface area contributed by atoms with Gasteiger partial charge in [0.05, 0.1) is 18.3 Å². The Bertz CT molecular complexity index is 380. The molecule has 1 aromatic rings. The molecule has 1 aromatic carbocycles. The predicted octanol–water partition coefficient (Wildman–Crippen LogP) is 3.30. The molecule has 0 aromatic heterocycles. The summed E-state index contributed by atoms with van der Waals surface area (Å²) in [6.07, 6.45) is 3.16. The fourth-order valence-electron chi connectivity index (χ4n) is 2.40. The first-order chi connectivity index (χ1) is 8.15. The van der Waals surface area contributed by atoms with Gasteiger partial charge < -0.3 is 9.47 Å². The first kappa shape index (κ1) is 12.5. The Morgan fingerprint density at radius 2 is 2.18 bits per heavy atom. The van der Waals surface area contributed by atoms with Crippen LogP contribution in [0.2, 0.25) is 0 Å². The summed E-state index contributed by atoms with van der Waals surface area (Å²) in [5.74, 6) is -0.204. The van der Waals surface area contributed by atoms with Crippen LogP contribution >= 0.6 is 0 Å². The Labute approximate surface area is 102 Å². The van der Waals surface area contributed by atoms with Crippen molar-refractivity contribution in [2.75, 3.05) is 7.11 Å². The third-order valence-electron chi connectivity index (χ3n) is 3.68. The zero-order chi connectivity index (χ0) is 12.3. The van der Waals surface area contributed by atoms with Gasteiger partial charge in [-0.05, 0) is 32.3 Å². The molecule has 1 aliphatic carbocycles. The van der Waals surface area contributed by atoms with Crippen molar-refractivity contribution in [3.63, 3.8) is 0 Å². The summed E-state index contributed by atoms with van der Waals surface area (Å²) in [7, 11) is 1.71. The van der Waals surface area contributed by atoms with Crippen LogP contribution in [0.15, 0.2) is 24.3 Å². The normalized spacial score (nSPS) is 28.5. The minimum absolute atomic E-state index is 0.0621. The quantitative estimate of drug-likeness (QED) is 0.801. The Morgan fingerprint density at radius 1 is 1.41 bits per heavy atom. The SMILES string of the molecule is COC1(C)CCCC1OCc1ccccc1F. The monoisotopic (exact) mass is 238 g/mol. The van der Waals surface area contributed by atoms with Crippen molar-refractivity contribution in [2.45, 2.75) is 44.5 Å². The van der Waals surface area contributed by atoms with Gasteiger partial charge in [0.15, 0.2) is 0 Å². The third kappa shape index (κ3) is 2.67. The molecule has 2 nitrogen and oxygen atoms in total. The molecule has 0 amide bonds. The van der Waals surface area contributed by atoms with Gasteiger partial charge in [-0.2, -0.15) is 0 Å². The van der Waals surface area contributed by atoms with Crippen LogP contribution in [0.5, 0.6) is 0 Å². The molecule has 0 heterocycles. The summed E-state index contributed by atoms with van der Waals surface area (Å²) in [5, 5.41) is 0. The van der Waals surface area contributed by atoms with Crippen molar-refractivity contribution in [3.8, 4) is 0 Å². The number of methoxy groups -OCH3 is 1. The lowest BCUT2D eigenvalue weighted by atomic mass is 10.0. The zero-order valence-corrected chi connectivity index (χ0v) is 10.4. The van der Waals surface area contributed by atoms with Crippen molar-refractivity contribution in [2.24, 2.45) is 0 Å². The van der Waals surface area contributed by atoms with E-state index in [0.29, 0.717) is 12.2 Å². The van der Waals surface area contributed by atoms with Crippen LogP contribution in [0.25, 0.3) is 0 Å². The van der Waals surface area contributed by atoms with E-state index in [4.69, 9.17) is 9.47 Å². The number of rotatable bonds is 4. The molecule has 1 aliphatic rings. The Morgan fingerprint density at radius 3 is 2.88 bits per heavy atom. The van der Waals surface area contributed by atoms with Crippen molar-refractivity contribution in [3.05, 3.63) is 35.6 Å². The lowest BCUT2D eigenvalue weighted by Crippen LogP contribution is -2.37. The van der Waals surface area contributed by atoms with E-state index < -0.39 is 0 Å². The standard InChI is InChI=1S/C14H19FO2/c1-14(16-2)9-5-8-13(14)17-10-11-6-3-4-7-12(11)15/h3-4,6-7,13H,5,8-10H2,1-2H3. The van der Waals surface area contributed by atoms with Crippen LogP contribution in [-0.2, 0) is 16.1 Å². The van der Waals surface area contributed by atoms with Crippen LogP contribution in [0.3, 0.4) is 0 Å². The Hall–Kier alpha value is -0.930. The largest absolute Gasteiger partial charge is 0.376 e. The van der Waals surface area contributed by atoms with Gasteiger partial charge in [0.1, 0.15) is 5.82 Å². The summed E-state index contributed by atoms with van der Waals surface area (Å²) >= 11 is 0. The summed E-state index contributed by atoms with van der Waals surface area (Å²) in [4.78, 5) is 0. The van der Waals surface area contributed by atoms with E-state index in [1.54, 1.807) is 19.2 Å². The maximum absolute atomic E-state index is 13.4. The van der Waals surface area contributed by atoms with E-state index in [-0.39, 0.29) is 17.5 Å². The molecule has 3 heteroatoms. The maximum atomic E-state index is 13.4. The van der Waals surface area contributed by atoms with Crippen molar-refractivity contribution >= 4 is 0 Å². The molecule has 0 aliphatic heterocycles. The second kappa shape index (κ2) is 5.15. The second-order valence-corrected chi connectivity index (χ2v) is 4.80. The highest BCUT2D eigenvalue weighted by Gasteiger charge is 2.39. The number of hydrogen-bond donors (Lipinski definition) is 0. The number of hydrogen-bond acceptors (Lipinski definition) is 2. The van der Waals surface area contributed by atoms with Crippen LogP contribution in [0.1, 0.15) is 31.7 Å². The summed E-state index contributed by atoms with van der Waals surface area (Å²) in [6, 6.07) is 6.73. The van der Waals surface area contributed by atoms with Crippen LogP contribution in [-0.4, -0.2) is 18.8 Å². The van der Waals surface area contributed by atoms with Crippen LogP contribution in [0.4, 0.5) is 4.39 Å². The van der Waals surface area contributed by atoms with Crippen molar-refractivity contribution in [1.82, 2.24) is 0 Å². The zero-order valence-electron chi connectivity index (χ0n) is 10.4. The van der Waals surface area contributed by atoms with Gasteiger partial charge in [0.2, 0.25) is 0 Å². The highest BCUT2D eigenvalue weighted by atomic mass is 19.1. The first-order valence-corrected chi connectivity index (χ1v) is 6.06.